The third-order valence-electron chi connectivity index (χ3n) is 1.97. The summed E-state index contributed by atoms with van der Waals surface area (Å²) >= 11 is 0. The Morgan fingerprint density at radius 3 is 2.27 bits per heavy atom. The molecule has 0 aliphatic rings. The van der Waals surface area contributed by atoms with Gasteiger partial charge in [-0.15, -0.1) is 0 Å². The van der Waals surface area contributed by atoms with Crippen LogP contribution in [0.1, 0.15) is 47.0 Å². The molecule has 0 bridgehead atoms. The SMILES string of the molecule is C/C=C\C(CCC)=C(/C)CC. The Kier molecular flexibility index (Phi) is 5.91. The lowest BCUT2D eigenvalue weighted by Gasteiger charge is -2.04. The zero-order chi connectivity index (χ0) is 8.69. The van der Waals surface area contributed by atoms with Gasteiger partial charge in [-0.2, -0.15) is 0 Å². The topological polar surface area (TPSA) is 0 Å². The number of hydrogen-bond acceptors (Lipinski definition) is 0. The van der Waals surface area contributed by atoms with Crippen LogP contribution in [-0.2, 0) is 0 Å². The van der Waals surface area contributed by atoms with Gasteiger partial charge >= 0.3 is 0 Å². The van der Waals surface area contributed by atoms with Gasteiger partial charge in [0.2, 0.25) is 0 Å². The lowest BCUT2D eigenvalue weighted by atomic mass is 10.0. The van der Waals surface area contributed by atoms with Crippen molar-refractivity contribution in [1.29, 1.82) is 0 Å². The van der Waals surface area contributed by atoms with Crippen LogP contribution in [0.5, 0.6) is 0 Å². The molecule has 64 valence electrons. The molecule has 0 rings (SSSR count). The fourth-order valence-electron chi connectivity index (χ4n) is 1.14. The van der Waals surface area contributed by atoms with E-state index in [4.69, 9.17) is 0 Å². The maximum Gasteiger partial charge on any atom is -0.0282 e. The summed E-state index contributed by atoms with van der Waals surface area (Å²) < 4.78 is 0. The molecule has 0 saturated carbocycles. The van der Waals surface area contributed by atoms with Crippen LogP contribution < -0.4 is 0 Å². The van der Waals surface area contributed by atoms with E-state index in [2.05, 4.69) is 39.8 Å². The van der Waals surface area contributed by atoms with Crippen molar-refractivity contribution in [3.8, 4) is 0 Å². The Hall–Kier alpha value is -0.520. The highest BCUT2D eigenvalue weighted by molar-refractivity contribution is 5.23. The Morgan fingerprint density at radius 1 is 1.27 bits per heavy atom. The molecular formula is C11H20. The van der Waals surface area contributed by atoms with Crippen LogP contribution >= 0.6 is 0 Å². The summed E-state index contributed by atoms with van der Waals surface area (Å²) in [5.74, 6) is 0. The molecule has 0 aromatic heterocycles. The summed E-state index contributed by atoms with van der Waals surface area (Å²) in [5, 5.41) is 0. The van der Waals surface area contributed by atoms with Crippen molar-refractivity contribution in [2.75, 3.05) is 0 Å². The lowest BCUT2D eigenvalue weighted by molar-refractivity contribution is 0.896. The van der Waals surface area contributed by atoms with Gasteiger partial charge in [-0.3, -0.25) is 0 Å². The maximum absolute atomic E-state index is 2.24. The van der Waals surface area contributed by atoms with E-state index >= 15 is 0 Å². The van der Waals surface area contributed by atoms with E-state index in [0.29, 0.717) is 0 Å². The molecule has 0 aliphatic heterocycles. The first-order valence-electron chi connectivity index (χ1n) is 4.57. The van der Waals surface area contributed by atoms with Crippen LogP contribution in [0.2, 0.25) is 0 Å². The van der Waals surface area contributed by atoms with Crippen molar-refractivity contribution in [3.05, 3.63) is 23.3 Å². The fourth-order valence-corrected chi connectivity index (χ4v) is 1.14. The van der Waals surface area contributed by atoms with Gasteiger partial charge in [0.1, 0.15) is 0 Å². The molecule has 0 amide bonds. The molecule has 0 saturated heterocycles. The lowest BCUT2D eigenvalue weighted by Crippen LogP contribution is -1.83. The fraction of sp³-hybridized carbons (Fsp3) is 0.636. The van der Waals surface area contributed by atoms with Crippen molar-refractivity contribution in [3.63, 3.8) is 0 Å². The largest absolute Gasteiger partial charge is 0.0874 e. The minimum atomic E-state index is 1.18. The van der Waals surface area contributed by atoms with E-state index in [0.717, 1.165) is 0 Å². The summed E-state index contributed by atoms with van der Waals surface area (Å²) in [6, 6.07) is 0. The molecular weight excluding hydrogens is 132 g/mol. The highest BCUT2D eigenvalue weighted by Gasteiger charge is 1.94. The Bertz CT molecular complexity index is 149. The molecule has 0 N–H and O–H groups in total. The molecule has 0 radical (unpaired) electrons. The first-order valence-corrected chi connectivity index (χ1v) is 4.57. The van der Waals surface area contributed by atoms with Crippen molar-refractivity contribution in [2.45, 2.75) is 47.0 Å². The quantitative estimate of drug-likeness (QED) is 0.532. The van der Waals surface area contributed by atoms with Crippen LogP contribution in [0.3, 0.4) is 0 Å². The minimum absolute atomic E-state index is 1.18. The van der Waals surface area contributed by atoms with E-state index in [9.17, 15) is 0 Å². The number of allylic oxidation sites excluding steroid dienone is 4. The first-order chi connectivity index (χ1) is 5.26. The van der Waals surface area contributed by atoms with Gasteiger partial charge in [-0.25, -0.2) is 0 Å². The predicted octanol–water partition coefficient (Wildman–Crippen LogP) is 4.09. The molecule has 0 unspecified atom stereocenters. The highest BCUT2D eigenvalue weighted by atomic mass is 14.0. The number of rotatable bonds is 4. The van der Waals surface area contributed by atoms with Gasteiger partial charge in [0.15, 0.2) is 0 Å². The molecule has 0 heterocycles. The van der Waals surface area contributed by atoms with Crippen LogP contribution in [-0.4, -0.2) is 0 Å². The molecule has 0 aliphatic carbocycles. The summed E-state index contributed by atoms with van der Waals surface area (Å²) in [6.07, 6.45) is 8.02. The third-order valence-corrected chi connectivity index (χ3v) is 1.97. The molecule has 11 heavy (non-hydrogen) atoms. The van der Waals surface area contributed by atoms with Crippen molar-refractivity contribution in [1.82, 2.24) is 0 Å². The van der Waals surface area contributed by atoms with E-state index < -0.39 is 0 Å². The Morgan fingerprint density at radius 2 is 1.91 bits per heavy atom. The van der Waals surface area contributed by atoms with E-state index in [1.807, 2.05) is 0 Å². The molecule has 0 atom stereocenters. The standard InChI is InChI=1S/C11H20/c1-5-8-11(9-6-2)10(4)7-3/h5,8H,6-7,9H2,1-4H3/b8-5-,11-10-. The molecule has 0 nitrogen and oxygen atoms in total. The van der Waals surface area contributed by atoms with Crippen LogP contribution in [0.25, 0.3) is 0 Å². The van der Waals surface area contributed by atoms with Gasteiger partial charge in [0, 0.05) is 0 Å². The van der Waals surface area contributed by atoms with Gasteiger partial charge < -0.3 is 0 Å². The van der Waals surface area contributed by atoms with E-state index in [1.54, 1.807) is 0 Å². The zero-order valence-corrected chi connectivity index (χ0v) is 8.28. The third kappa shape index (κ3) is 4.02. The first kappa shape index (κ1) is 10.5. The summed E-state index contributed by atoms with van der Waals surface area (Å²) in [6.45, 7) is 8.75. The number of hydrogen-bond donors (Lipinski definition) is 0. The molecule has 0 heteroatoms. The average molecular weight is 152 g/mol. The zero-order valence-electron chi connectivity index (χ0n) is 8.28. The maximum atomic E-state index is 2.24. The predicted molar refractivity (Wildman–Crippen MR) is 52.7 cm³/mol. The van der Waals surface area contributed by atoms with E-state index in [-0.39, 0.29) is 0 Å². The van der Waals surface area contributed by atoms with Crippen molar-refractivity contribution < 1.29 is 0 Å². The molecule has 0 spiro atoms. The second kappa shape index (κ2) is 6.21. The molecule has 0 aromatic rings. The average Bonchev–Trinajstić information content (AvgIpc) is 2.03. The highest BCUT2D eigenvalue weighted by Crippen LogP contribution is 2.14. The summed E-state index contributed by atoms with van der Waals surface area (Å²) in [4.78, 5) is 0. The smallest absolute Gasteiger partial charge is 0.0282 e. The Labute approximate surface area is 71.0 Å². The summed E-state index contributed by atoms with van der Waals surface area (Å²) in [7, 11) is 0. The van der Waals surface area contributed by atoms with Crippen molar-refractivity contribution >= 4 is 0 Å². The second-order valence-electron chi connectivity index (χ2n) is 2.91. The summed E-state index contributed by atoms with van der Waals surface area (Å²) in [5.41, 5.74) is 3.06. The molecule has 0 aromatic carbocycles. The Balaban J connectivity index is 4.30. The van der Waals surface area contributed by atoms with Crippen molar-refractivity contribution in [2.24, 2.45) is 0 Å². The van der Waals surface area contributed by atoms with Gasteiger partial charge in [-0.1, -0.05) is 38.0 Å². The minimum Gasteiger partial charge on any atom is -0.0874 e. The van der Waals surface area contributed by atoms with E-state index in [1.165, 1.54) is 30.4 Å². The van der Waals surface area contributed by atoms with Gasteiger partial charge in [0.25, 0.3) is 0 Å². The van der Waals surface area contributed by atoms with Crippen LogP contribution in [0, 0.1) is 0 Å². The monoisotopic (exact) mass is 152 g/mol. The molecule has 0 fully saturated rings. The second-order valence-corrected chi connectivity index (χ2v) is 2.91. The normalized spacial score (nSPS) is 13.8. The van der Waals surface area contributed by atoms with Crippen LogP contribution in [0.15, 0.2) is 23.3 Å². The van der Waals surface area contributed by atoms with Crippen LogP contribution in [0.4, 0.5) is 0 Å². The van der Waals surface area contributed by atoms with Gasteiger partial charge in [0.05, 0.1) is 0 Å². The van der Waals surface area contributed by atoms with Gasteiger partial charge in [-0.05, 0) is 32.3 Å².